The fraction of sp³-hybridized carbons (Fsp3) is 0.538. The average molecular weight is 190 g/mol. The summed E-state index contributed by atoms with van der Waals surface area (Å²) in [5.41, 5.74) is 3.75. The molecular formula is C13H18O. The first-order valence-electron chi connectivity index (χ1n) is 5.44. The second-order valence-corrected chi connectivity index (χ2v) is 4.60. The Morgan fingerprint density at radius 2 is 2.14 bits per heavy atom. The minimum absolute atomic E-state index is 0.248. The summed E-state index contributed by atoms with van der Waals surface area (Å²) >= 11 is 0. The molecule has 1 aromatic rings. The smallest absolute Gasteiger partial charge is 0.0795 e. The highest BCUT2D eigenvalue weighted by atomic mass is 16.3. The Morgan fingerprint density at radius 1 is 1.36 bits per heavy atom. The topological polar surface area (TPSA) is 20.2 Å². The van der Waals surface area contributed by atoms with Gasteiger partial charge in [0.05, 0.1) is 6.10 Å². The SMILES string of the molecule is Cc1ccc2c(c1)C(O)CC(C)CC2. The normalized spacial score (nSPS) is 26.8. The Bertz CT molecular complexity index is 330. The van der Waals surface area contributed by atoms with E-state index in [1.54, 1.807) is 0 Å². The molecule has 0 fully saturated rings. The highest BCUT2D eigenvalue weighted by molar-refractivity contribution is 5.34. The fourth-order valence-corrected chi connectivity index (χ4v) is 2.28. The summed E-state index contributed by atoms with van der Waals surface area (Å²) < 4.78 is 0. The summed E-state index contributed by atoms with van der Waals surface area (Å²) in [7, 11) is 0. The summed E-state index contributed by atoms with van der Waals surface area (Å²) in [6.45, 7) is 4.31. The van der Waals surface area contributed by atoms with E-state index in [0.717, 1.165) is 18.4 Å². The van der Waals surface area contributed by atoms with Crippen LogP contribution in [-0.4, -0.2) is 5.11 Å². The number of aryl methyl sites for hydroxylation is 2. The maximum atomic E-state index is 10.0. The van der Waals surface area contributed by atoms with Crippen LogP contribution in [0.3, 0.4) is 0 Å². The van der Waals surface area contributed by atoms with Gasteiger partial charge in [0, 0.05) is 0 Å². The van der Waals surface area contributed by atoms with Crippen LogP contribution in [0.4, 0.5) is 0 Å². The van der Waals surface area contributed by atoms with E-state index in [4.69, 9.17) is 0 Å². The zero-order valence-electron chi connectivity index (χ0n) is 8.96. The summed E-state index contributed by atoms with van der Waals surface area (Å²) in [4.78, 5) is 0. The van der Waals surface area contributed by atoms with Crippen molar-refractivity contribution in [1.82, 2.24) is 0 Å². The second-order valence-electron chi connectivity index (χ2n) is 4.60. The summed E-state index contributed by atoms with van der Waals surface area (Å²) in [5, 5.41) is 10.0. The molecule has 2 rings (SSSR count). The highest BCUT2D eigenvalue weighted by Gasteiger charge is 2.20. The van der Waals surface area contributed by atoms with Crippen LogP contribution in [-0.2, 0) is 6.42 Å². The second kappa shape index (κ2) is 3.74. The number of hydrogen-bond donors (Lipinski definition) is 1. The molecule has 1 heteroatoms. The number of fused-ring (bicyclic) bond motifs is 1. The molecule has 1 N–H and O–H groups in total. The van der Waals surface area contributed by atoms with Gasteiger partial charge in [0.2, 0.25) is 0 Å². The average Bonchev–Trinajstić information content (AvgIpc) is 2.27. The van der Waals surface area contributed by atoms with Crippen LogP contribution in [0.25, 0.3) is 0 Å². The third-order valence-electron chi connectivity index (χ3n) is 3.19. The van der Waals surface area contributed by atoms with Crippen molar-refractivity contribution < 1.29 is 5.11 Å². The summed E-state index contributed by atoms with van der Waals surface area (Å²) in [6.07, 6.45) is 2.99. The van der Waals surface area contributed by atoms with Gasteiger partial charge in [-0.05, 0) is 43.2 Å². The van der Waals surface area contributed by atoms with Crippen molar-refractivity contribution in [2.75, 3.05) is 0 Å². The van der Waals surface area contributed by atoms with Crippen LogP contribution in [0.5, 0.6) is 0 Å². The lowest BCUT2D eigenvalue weighted by atomic mass is 9.98. The van der Waals surface area contributed by atoms with Crippen LogP contribution in [0.1, 0.15) is 42.6 Å². The number of benzene rings is 1. The Morgan fingerprint density at radius 3 is 2.93 bits per heavy atom. The molecule has 1 aliphatic rings. The third kappa shape index (κ3) is 1.83. The van der Waals surface area contributed by atoms with Crippen molar-refractivity contribution in [1.29, 1.82) is 0 Å². The monoisotopic (exact) mass is 190 g/mol. The number of aliphatic hydroxyl groups excluding tert-OH is 1. The molecular weight excluding hydrogens is 172 g/mol. The zero-order valence-corrected chi connectivity index (χ0v) is 8.96. The van der Waals surface area contributed by atoms with Gasteiger partial charge in [-0.3, -0.25) is 0 Å². The molecule has 0 aliphatic heterocycles. The van der Waals surface area contributed by atoms with Crippen molar-refractivity contribution in [3.05, 3.63) is 34.9 Å². The van der Waals surface area contributed by atoms with Crippen molar-refractivity contribution in [2.45, 2.75) is 39.2 Å². The Labute approximate surface area is 85.8 Å². The molecule has 1 nitrogen and oxygen atoms in total. The van der Waals surface area contributed by atoms with Crippen LogP contribution >= 0.6 is 0 Å². The lowest BCUT2D eigenvalue weighted by molar-refractivity contribution is 0.150. The lowest BCUT2D eigenvalue weighted by Crippen LogP contribution is -2.01. The van der Waals surface area contributed by atoms with Gasteiger partial charge in [-0.25, -0.2) is 0 Å². The van der Waals surface area contributed by atoms with E-state index in [1.165, 1.54) is 17.5 Å². The summed E-state index contributed by atoms with van der Waals surface area (Å²) in [6, 6.07) is 6.45. The van der Waals surface area contributed by atoms with Crippen molar-refractivity contribution in [3.8, 4) is 0 Å². The Balaban J connectivity index is 2.39. The Hall–Kier alpha value is -0.820. The first-order chi connectivity index (χ1) is 6.66. The van der Waals surface area contributed by atoms with Crippen molar-refractivity contribution in [2.24, 2.45) is 5.92 Å². The number of rotatable bonds is 0. The van der Waals surface area contributed by atoms with E-state index >= 15 is 0 Å². The number of hydrogen-bond acceptors (Lipinski definition) is 1. The van der Waals surface area contributed by atoms with Crippen LogP contribution in [0, 0.1) is 12.8 Å². The minimum Gasteiger partial charge on any atom is -0.388 e. The first kappa shape index (κ1) is 9.72. The molecule has 0 heterocycles. The molecule has 14 heavy (non-hydrogen) atoms. The molecule has 0 bridgehead atoms. The van der Waals surface area contributed by atoms with Gasteiger partial charge in [-0.2, -0.15) is 0 Å². The fourth-order valence-electron chi connectivity index (χ4n) is 2.28. The van der Waals surface area contributed by atoms with Gasteiger partial charge in [0.15, 0.2) is 0 Å². The molecule has 0 spiro atoms. The largest absolute Gasteiger partial charge is 0.388 e. The lowest BCUT2D eigenvalue weighted by Gasteiger charge is -2.13. The predicted molar refractivity (Wildman–Crippen MR) is 58.2 cm³/mol. The van der Waals surface area contributed by atoms with E-state index in [-0.39, 0.29) is 6.10 Å². The van der Waals surface area contributed by atoms with Crippen molar-refractivity contribution >= 4 is 0 Å². The first-order valence-corrected chi connectivity index (χ1v) is 5.44. The summed E-state index contributed by atoms with van der Waals surface area (Å²) in [5.74, 6) is 0.637. The van der Waals surface area contributed by atoms with Gasteiger partial charge in [0.1, 0.15) is 0 Å². The molecule has 2 unspecified atom stereocenters. The highest BCUT2D eigenvalue weighted by Crippen LogP contribution is 2.31. The van der Waals surface area contributed by atoms with Crippen LogP contribution in [0.15, 0.2) is 18.2 Å². The quantitative estimate of drug-likeness (QED) is 0.623. The van der Waals surface area contributed by atoms with Gasteiger partial charge in [0.25, 0.3) is 0 Å². The van der Waals surface area contributed by atoms with E-state index in [0.29, 0.717) is 5.92 Å². The third-order valence-corrected chi connectivity index (χ3v) is 3.19. The van der Waals surface area contributed by atoms with Crippen molar-refractivity contribution in [3.63, 3.8) is 0 Å². The van der Waals surface area contributed by atoms with Crippen LogP contribution in [0.2, 0.25) is 0 Å². The predicted octanol–water partition coefficient (Wildman–Crippen LogP) is 3.00. The molecule has 0 radical (unpaired) electrons. The standard InChI is InChI=1S/C13H18O/c1-9-3-5-11-6-4-10(2)8-13(14)12(11)7-9/h3,5,7,10,13-14H,4,6,8H2,1-2H3. The molecule has 1 aromatic carbocycles. The molecule has 0 amide bonds. The zero-order chi connectivity index (χ0) is 10.1. The maximum Gasteiger partial charge on any atom is 0.0795 e. The molecule has 0 saturated heterocycles. The van der Waals surface area contributed by atoms with Gasteiger partial charge < -0.3 is 5.11 Å². The van der Waals surface area contributed by atoms with E-state index in [1.807, 2.05) is 0 Å². The minimum atomic E-state index is -0.248. The van der Waals surface area contributed by atoms with Gasteiger partial charge in [-0.15, -0.1) is 0 Å². The van der Waals surface area contributed by atoms with E-state index < -0.39 is 0 Å². The van der Waals surface area contributed by atoms with E-state index in [2.05, 4.69) is 32.0 Å². The molecule has 0 saturated carbocycles. The van der Waals surface area contributed by atoms with E-state index in [9.17, 15) is 5.11 Å². The molecule has 76 valence electrons. The molecule has 1 aliphatic carbocycles. The maximum absolute atomic E-state index is 10.0. The Kier molecular flexibility index (Phi) is 2.60. The molecule has 0 aromatic heterocycles. The number of aliphatic hydroxyl groups is 1. The van der Waals surface area contributed by atoms with Gasteiger partial charge >= 0.3 is 0 Å². The van der Waals surface area contributed by atoms with Gasteiger partial charge in [-0.1, -0.05) is 30.7 Å². The molecule has 2 atom stereocenters. The van der Waals surface area contributed by atoms with Crippen LogP contribution < -0.4 is 0 Å².